The number of nitro groups is 1. The average Bonchev–Trinajstić information content (AvgIpc) is 2.58. The summed E-state index contributed by atoms with van der Waals surface area (Å²) in [6.07, 6.45) is 5.43. The molecule has 0 spiro atoms. The van der Waals surface area contributed by atoms with E-state index in [1.54, 1.807) is 0 Å². The number of hydrogen-bond acceptors (Lipinski definition) is 4. The van der Waals surface area contributed by atoms with Crippen LogP contribution in [0.4, 0.5) is 5.69 Å². The van der Waals surface area contributed by atoms with Crippen LogP contribution in [0.3, 0.4) is 0 Å². The second kappa shape index (κ2) is 8.55. The van der Waals surface area contributed by atoms with E-state index < -0.39 is 14.9 Å². The summed E-state index contributed by atoms with van der Waals surface area (Å²) in [4.78, 5) is 10.0. The topological polar surface area (TPSA) is 89.3 Å². The molecule has 0 radical (unpaired) electrons. The molecule has 0 bridgehead atoms. The van der Waals surface area contributed by atoms with E-state index in [-0.39, 0.29) is 10.6 Å². The lowest BCUT2D eigenvalue weighted by Crippen LogP contribution is -2.24. The van der Waals surface area contributed by atoms with Crippen molar-refractivity contribution in [2.45, 2.75) is 24.7 Å². The van der Waals surface area contributed by atoms with Crippen LogP contribution in [0.2, 0.25) is 0 Å². The van der Waals surface area contributed by atoms with Crippen LogP contribution in [0.25, 0.3) is 6.08 Å². The first kappa shape index (κ1) is 18.8. The Hall–Kier alpha value is -2.51. The number of nitrogens with zero attached hydrogens (tertiary/aromatic N) is 1. The fourth-order valence-corrected chi connectivity index (χ4v) is 3.32. The largest absolute Gasteiger partial charge is 0.269 e. The minimum absolute atomic E-state index is 0.0217. The molecule has 132 valence electrons. The Labute approximate surface area is 147 Å². The molecule has 2 rings (SSSR count). The van der Waals surface area contributed by atoms with Gasteiger partial charge in [0.2, 0.25) is 10.0 Å². The molecule has 0 saturated carbocycles. The van der Waals surface area contributed by atoms with Crippen molar-refractivity contribution in [1.29, 1.82) is 0 Å². The van der Waals surface area contributed by atoms with Crippen molar-refractivity contribution in [3.8, 4) is 0 Å². The number of rotatable bonds is 8. The van der Waals surface area contributed by atoms with E-state index in [2.05, 4.69) is 10.8 Å². The van der Waals surface area contributed by atoms with E-state index in [0.29, 0.717) is 13.0 Å². The van der Waals surface area contributed by atoms with Gasteiger partial charge in [-0.1, -0.05) is 42.0 Å². The second-order valence-corrected chi connectivity index (χ2v) is 7.37. The van der Waals surface area contributed by atoms with Crippen molar-refractivity contribution in [3.05, 3.63) is 75.8 Å². The Morgan fingerprint density at radius 1 is 1.16 bits per heavy atom. The van der Waals surface area contributed by atoms with Gasteiger partial charge in [0.1, 0.15) is 0 Å². The Balaban J connectivity index is 1.81. The maximum Gasteiger partial charge on any atom is 0.269 e. The second-order valence-electron chi connectivity index (χ2n) is 5.61. The number of sulfonamides is 1. The highest BCUT2D eigenvalue weighted by molar-refractivity contribution is 7.89. The van der Waals surface area contributed by atoms with Gasteiger partial charge in [0.15, 0.2) is 0 Å². The van der Waals surface area contributed by atoms with Crippen molar-refractivity contribution < 1.29 is 13.3 Å². The molecule has 1 N–H and O–H groups in total. The highest BCUT2D eigenvalue weighted by atomic mass is 32.2. The third-order valence-electron chi connectivity index (χ3n) is 3.55. The van der Waals surface area contributed by atoms with Crippen molar-refractivity contribution in [2.24, 2.45) is 0 Å². The van der Waals surface area contributed by atoms with Gasteiger partial charge in [-0.15, -0.1) is 0 Å². The number of hydrogen-bond donors (Lipinski definition) is 1. The first-order valence-electron chi connectivity index (χ1n) is 7.86. The molecule has 0 unspecified atom stereocenters. The summed E-state index contributed by atoms with van der Waals surface area (Å²) in [7, 11) is -3.64. The van der Waals surface area contributed by atoms with Crippen LogP contribution >= 0.6 is 0 Å². The summed E-state index contributed by atoms with van der Waals surface area (Å²) in [5.41, 5.74) is 2.17. The number of nitrogens with one attached hydrogen (secondary N) is 1. The van der Waals surface area contributed by atoms with Gasteiger partial charge >= 0.3 is 0 Å². The van der Waals surface area contributed by atoms with Crippen LogP contribution in [0.5, 0.6) is 0 Å². The minimum Gasteiger partial charge on any atom is -0.258 e. The molecule has 0 aliphatic heterocycles. The molecule has 25 heavy (non-hydrogen) atoms. The maximum absolute atomic E-state index is 12.1. The molecular formula is C18H20N2O4S. The van der Waals surface area contributed by atoms with Crippen LogP contribution in [-0.4, -0.2) is 19.9 Å². The molecule has 0 saturated heterocycles. The fraction of sp³-hybridized carbons (Fsp3) is 0.222. The van der Waals surface area contributed by atoms with Crippen LogP contribution in [0, 0.1) is 17.0 Å². The van der Waals surface area contributed by atoms with E-state index in [4.69, 9.17) is 0 Å². The van der Waals surface area contributed by atoms with Crippen molar-refractivity contribution in [1.82, 2.24) is 4.72 Å². The predicted octanol–water partition coefficient (Wildman–Crippen LogP) is 3.68. The lowest BCUT2D eigenvalue weighted by atomic mass is 10.1. The summed E-state index contributed by atoms with van der Waals surface area (Å²) < 4.78 is 26.7. The molecule has 0 aromatic heterocycles. The van der Waals surface area contributed by atoms with E-state index in [1.807, 2.05) is 37.3 Å². The number of benzene rings is 2. The molecular weight excluding hydrogens is 340 g/mol. The fourth-order valence-electron chi connectivity index (χ4n) is 2.25. The molecule has 7 heteroatoms. The first-order valence-corrected chi connectivity index (χ1v) is 9.34. The summed E-state index contributed by atoms with van der Waals surface area (Å²) in [6, 6.07) is 12.9. The third-order valence-corrected chi connectivity index (χ3v) is 5.03. The molecule has 0 amide bonds. The van der Waals surface area contributed by atoms with Crippen molar-refractivity contribution in [2.75, 3.05) is 6.54 Å². The zero-order valence-electron chi connectivity index (χ0n) is 13.9. The lowest BCUT2D eigenvalue weighted by molar-refractivity contribution is -0.384. The zero-order valence-corrected chi connectivity index (χ0v) is 14.7. The highest BCUT2D eigenvalue weighted by Crippen LogP contribution is 2.15. The molecule has 0 fully saturated rings. The molecule has 2 aromatic carbocycles. The van der Waals surface area contributed by atoms with Gasteiger partial charge in [-0.25, -0.2) is 13.1 Å². The van der Waals surface area contributed by atoms with E-state index in [9.17, 15) is 18.5 Å². The monoisotopic (exact) mass is 360 g/mol. The Bertz CT molecular complexity index is 859. The summed E-state index contributed by atoms with van der Waals surface area (Å²) in [6.45, 7) is 2.34. The van der Waals surface area contributed by atoms with E-state index in [0.717, 1.165) is 12.0 Å². The van der Waals surface area contributed by atoms with Gasteiger partial charge in [0, 0.05) is 18.7 Å². The highest BCUT2D eigenvalue weighted by Gasteiger charge is 2.14. The normalized spacial score (nSPS) is 11.7. The van der Waals surface area contributed by atoms with E-state index >= 15 is 0 Å². The van der Waals surface area contributed by atoms with Crippen molar-refractivity contribution in [3.63, 3.8) is 0 Å². The van der Waals surface area contributed by atoms with Crippen molar-refractivity contribution >= 4 is 21.8 Å². The first-order chi connectivity index (χ1) is 11.9. The molecule has 0 heterocycles. The smallest absolute Gasteiger partial charge is 0.258 e. The molecule has 0 aliphatic rings. The lowest BCUT2D eigenvalue weighted by Gasteiger charge is -2.05. The molecule has 0 atom stereocenters. The van der Waals surface area contributed by atoms with Gasteiger partial charge in [-0.05, 0) is 37.5 Å². The number of allylic oxidation sites excluding steroid dienone is 1. The Morgan fingerprint density at radius 2 is 1.88 bits per heavy atom. The van der Waals surface area contributed by atoms with Gasteiger partial charge in [-0.3, -0.25) is 10.1 Å². The summed E-state index contributed by atoms with van der Waals surface area (Å²) in [5, 5.41) is 10.6. The van der Waals surface area contributed by atoms with Gasteiger partial charge in [0.05, 0.1) is 9.82 Å². The quantitative estimate of drug-likeness (QED) is 0.442. The number of non-ortho nitro benzene ring substituents is 1. The van der Waals surface area contributed by atoms with Crippen LogP contribution < -0.4 is 4.72 Å². The summed E-state index contributed by atoms with van der Waals surface area (Å²) >= 11 is 0. The minimum atomic E-state index is -3.64. The average molecular weight is 360 g/mol. The number of nitro benzene ring substituents is 1. The maximum atomic E-state index is 12.1. The van der Waals surface area contributed by atoms with Crippen LogP contribution in [0.15, 0.2) is 59.5 Å². The summed E-state index contributed by atoms with van der Waals surface area (Å²) in [5.74, 6) is 0. The van der Waals surface area contributed by atoms with Gasteiger partial charge in [0.25, 0.3) is 5.69 Å². The standard InChI is InChI=1S/C18H20N2O4S/c1-15-6-5-8-16(14-15)7-3-2-4-13-19-25(23,24)18-11-9-17(10-12-18)20(21)22/h3,5-12,14,19H,2,4,13H2,1H3/b7-3+. The number of aryl methyl sites for hydroxylation is 1. The zero-order chi connectivity index (χ0) is 18.3. The van der Waals surface area contributed by atoms with Gasteiger partial charge in [-0.2, -0.15) is 0 Å². The van der Waals surface area contributed by atoms with Gasteiger partial charge < -0.3 is 0 Å². The molecule has 2 aromatic rings. The Morgan fingerprint density at radius 3 is 2.52 bits per heavy atom. The molecule has 6 nitrogen and oxygen atoms in total. The molecule has 0 aliphatic carbocycles. The Kier molecular flexibility index (Phi) is 6.44. The van der Waals surface area contributed by atoms with Crippen LogP contribution in [-0.2, 0) is 10.0 Å². The number of unbranched alkanes of at least 4 members (excludes halogenated alkanes) is 1. The SMILES string of the molecule is Cc1cccc(/C=C/CCCNS(=O)(=O)c2ccc([N+](=O)[O-])cc2)c1. The predicted molar refractivity (Wildman–Crippen MR) is 97.7 cm³/mol. The van der Waals surface area contributed by atoms with Crippen LogP contribution in [0.1, 0.15) is 24.0 Å². The third kappa shape index (κ3) is 5.81. The van der Waals surface area contributed by atoms with E-state index in [1.165, 1.54) is 29.8 Å².